The zero-order valence-corrected chi connectivity index (χ0v) is 12.5. The van der Waals surface area contributed by atoms with Crippen molar-refractivity contribution < 1.29 is 14.6 Å². The number of hydrogen-bond donors (Lipinski definition) is 2. The summed E-state index contributed by atoms with van der Waals surface area (Å²) in [5.41, 5.74) is 2.18. The zero-order valence-electron chi connectivity index (χ0n) is 12.5. The predicted octanol–water partition coefficient (Wildman–Crippen LogP) is 2.43. The average molecular weight is 292 g/mol. The first kappa shape index (κ1) is 15.8. The maximum Gasteiger partial charge on any atom is 0.321 e. The number of aliphatic hydroxyl groups excluding tert-OH is 1. The fourth-order valence-corrected chi connectivity index (χ4v) is 2.27. The van der Waals surface area contributed by atoms with Crippen LogP contribution in [-0.2, 0) is 4.74 Å². The average Bonchev–Trinajstić information content (AvgIpc) is 2.43. The molecule has 1 aliphatic carbocycles. The van der Waals surface area contributed by atoms with Gasteiger partial charge in [0.05, 0.1) is 19.8 Å². The molecule has 0 radical (unpaired) electrons. The van der Waals surface area contributed by atoms with E-state index >= 15 is 0 Å². The van der Waals surface area contributed by atoms with Gasteiger partial charge in [0.25, 0.3) is 0 Å². The lowest BCUT2D eigenvalue weighted by Gasteiger charge is -2.26. The van der Waals surface area contributed by atoms with Crippen LogP contribution in [0.3, 0.4) is 0 Å². The molecule has 5 heteroatoms. The lowest BCUT2D eigenvalue weighted by Crippen LogP contribution is -2.34. The van der Waals surface area contributed by atoms with Gasteiger partial charge in [-0.2, -0.15) is 0 Å². The third kappa shape index (κ3) is 4.72. The molecule has 0 aliphatic heterocycles. The van der Waals surface area contributed by atoms with Gasteiger partial charge in [0.1, 0.15) is 0 Å². The van der Waals surface area contributed by atoms with Crippen molar-refractivity contribution in [3.05, 3.63) is 29.8 Å². The molecule has 0 atom stereocenters. The number of nitrogens with one attached hydrogen (secondary N) is 1. The quantitative estimate of drug-likeness (QED) is 0.759. The number of ether oxygens (including phenoxy) is 1. The van der Waals surface area contributed by atoms with E-state index in [1.807, 2.05) is 12.1 Å². The summed E-state index contributed by atoms with van der Waals surface area (Å²) in [7, 11) is 1.72. The fourth-order valence-electron chi connectivity index (χ4n) is 2.27. The Labute approximate surface area is 125 Å². The second-order valence-corrected chi connectivity index (χ2v) is 5.44. The van der Waals surface area contributed by atoms with Crippen molar-refractivity contribution >= 4 is 11.7 Å². The number of carbonyl (C=O) groups excluding carboxylic acids is 1. The first-order valence-electron chi connectivity index (χ1n) is 7.51. The number of urea groups is 1. The summed E-state index contributed by atoms with van der Waals surface area (Å²) in [6.45, 7) is 1.22. The van der Waals surface area contributed by atoms with Crippen LogP contribution >= 0.6 is 0 Å². The van der Waals surface area contributed by atoms with E-state index in [0.717, 1.165) is 5.69 Å². The van der Waals surface area contributed by atoms with Gasteiger partial charge in [0, 0.05) is 19.3 Å². The van der Waals surface area contributed by atoms with Gasteiger partial charge in [-0.05, 0) is 36.5 Å². The number of rotatable bonds is 7. The lowest BCUT2D eigenvalue weighted by molar-refractivity contribution is 0.0833. The summed E-state index contributed by atoms with van der Waals surface area (Å²) in [6.07, 6.45) is 3.89. The number of amides is 2. The van der Waals surface area contributed by atoms with Crippen LogP contribution in [0.25, 0.3) is 0 Å². The van der Waals surface area contributed by atoms with E-state index in [0.29, 0.717) is 25.7 Å². The molecule has 1 saturated carbocycles. The van der Waals surface area contributed by atoms with E-state index in [-0.39, 0.29) is 12.6 Å². The molecule has 0 unspecified atom stereocenters. The highest BCUT2D eigenvalue weighted by Crippen LogP contribution is 2.36. The predicted molar refractivity (Wildman–Crippen MR) is 82.6 cm³/mol. The summed E-state index contributed by atoms with van der Waals surface area (Å²) >= 11 is 0. The first-order chi connectivity index (χ1) is 10.2. The van der Waals surface area contributed by atoms with Crippen LogP contribution < -0.4 is 5.32 Å². The summed E-state index contributed by atoms with van der Waals surface area (Å²) in [5, 5.41) is 11.5. The van der Waals surface area contributed by atoms with Crippen LogP contribution in [0.15, 0.2) is 24.3 Å². The van der Waals surface area contributed by atoms with Gasteiger partial charge in [-0.1, -0.05) is 18.6 Å². The highest BCUT2D eigenvalue weighted by Gasteiger charge is 2.19. The Morgan fingerprint density at radius 1 is 1.33 bits per heavy atom. The topological polar surface area (TPSA) is 61.8 Å². The molecule has 116 valence electrons. The van der Waals surface area contributed by atoms with Crippen molar-refractivity contribution in [2.24, 2.45) is 0 Å². The van der Waals surface area contributed by atoms with Crippen LogP contribution in [0.2, 0.25) is 0 Å². The summed E-state index contributed by atoms with van der Waals surface area (Å²) in [6, 6.07) is 7.97. The molecule has 0 spiro atoms. The molecule has 21 heavy (non-hydrogen) atoms. The van der Waals surface area contributed by atoms with Crippen LogP contribution in [0.4, 0.5) is 10.5 Å². The minimum Gasteiger partial charge on any atom is -0.394 e. The molecule has 1 aliphatic rings. The lowest BCUT2D eigenvalue weighted by atomic mass is 9.80. The monoisotopic (exact) mass is 292 g/mol. The molecule has 0 aromatic heterocycles. The van der Waals surface area contributed by atoms with E-state index < -0.39 is 0 Å². The number of hydrogen-bond acceptors (Lipinski definition) is 3. The number of aliphatic hydroxyl groups is 1. The van der Waals surface area contributed by atoms with Crippen molar-refractivity contribution in [3.63, 3.8) is 0 Å². The highest BCUT2D eigenvalue weighted by molar-refractivity contribution is 5.89. The van der Waals surface area contributed by atoms with Crippen molar-refractivity contribution in [2.45, 2.75) is 25.2 Å². The van der Waals surface area contributed by atoms with Crippen molar-refractivity contribution in [2.75, 3.05) is 38.7 Å². The molecule has 1 fully saturated rings. The minimum absolute atomic E-state index is 0.00323. The van der Waals surface area contributed by atoms with Gasteiger partial charge in [-0.15, -0.1) is 0 Å². The van der Waals surface area contributed by atoms with E-state index in [1.54, 1.807) is 11.9 Å². The molecule has 1 aromatic carbocycles. The van der Waals surface area contributed by atoms with Crippen LogP contribution in [-0.4, -0.2) is 49.5 Å². The van der Waals surface area contributed by atoms with Crippen molar-refractivity contribution in [1.82, 2.24) is 4.90 Å². The molecule has 0 saturated heterocycles. The number of nitrogens with zero attached hydrogens (tertiary/aromatic N) is 1. The molecule has 2 amide bonds. The smallest absolute Gasteiger partial charge is 0.321 e. The van der Waals surface area contributed by atoms with Gasteiger partial charge in [0.2, 0.25) is 0 Å². The standard InChI is InChI=1S/C16H24N2O3/c1-18(9-11-21-12-10-19)16(20)17-15-7-5-14(6-8-15)13-3-2-4-13/h5-8,13,19H,2-4,9-12H2,1H3,(H,17,20). The van der Waals surface area contributed by atoms with E-state index in [4.69, 9.17) is 9.84 Å². The summed E-state index contributed by atoms with van der Waals surface area (Å²) in [5.74, 6) is 0.709. The minimum atomic E-state index is -0.154. The van der Waals surface area contributed by atoms with Gasteiger partial charge in [-0.25, -0.2) is 4.79 Å². The Morgan fingerprint density at radius 3 is 2.62 bits per heavy atom. The zero-order chi connectivity index (χ0) is 15.1. The largest absolute Gasteiger partial charge is 0.394 e. The van der Waals surface area contributed by atoms with Crippen LogP contribution in [0, 0.1) is 0 Å². The van der Waals surface area contributed by atoms with Gasteiger partial charge in [-0.3, -0.25) is 0 Å². The Bertz CT molecular complexity index is 443. The molecule has 0 heterocycles. The van der Waals surface area contributed by atoms with Crippen molar-refractivity contribution in [1.29, 1.82) is 0 Å². The van der Waals surface area contributed by atoms with Gasteiger partial charge < -0.3 is 20.1 Å². The number of carbonyl (C=O) groups is 1. The third-order valence-corrected chi connectivity index (χ3v) is 3.89. The second-order valence-electron chi connectivity index (χ2n) is 5.44. The maximum absolute atomic E-state index is 12.0. The molecular weight excluding hydrogens is 268 g/mol. The molecule has 2 N–H and O–H groups in total. The third-order valence-electron chi connectivity index (χ3n) is 3.89. The number of anilines is 1. The second kappa shape index (κ2) is 8.00. The number of benzene rings is 1. The molecule has 5 nitrogen and oxygen atoms in total. The summed E-state index contributed by atoms with van der Waals surface area (Å²) in [4.78, 5) is 13.5. The van der Waals surface area contributed by atoms with Gasteiger partial charge >= 0.3 is 6.03 Å². The SMILES string of the molecule is CN(CCOCCO)C(=O)Nc1ccc(C2CCC2)cc1. The fraction of sp³-hybridized carbons (Fsp3) is 0.562. The molecule has 2 rings (SSSR count). The Kier molecular flexibility index (Phi) is 6.02. The van der Waals surface area contributed by atoms with Crippen LogP contribution in [0.5, 0.6) is 0 Å². The van der Waals surface area contributed by atoms with E-state index in [1.165, 1.54) is 24.8 Å². The normalized spacial score (nSPS) is 14.6. The van der Waals surface area contributed by atoms with Gasteiger partial charge in [0.15, 0.2) is 0 Å². The van der Waals surface area contributed by atoms with Crippen LogP contribution in [0.1, 0.15) is 30.7 Å². The first-order valence-corrected chi connectivity index (χ1v) is 7.51. The summed E-state index contributed by atoms with van der Waals surface area (Å²) < 4.78 is 5.14. The molecule has 1 aromatic rings. The van der Waals surface area contributed by atoms with Crippen molar-refractivity contribution in [3.8, 4) is 0 Å². The number of likely N-dealkylation sites (N-methyl/N-ethyl adjacent to an activating group) is 1. The maximum atomic E-state index is 12.0. The van der Waals surface area contributed by atoms with E-state index in [2.05, 4.69) is 17.4 Å². The Morgan fingerprint density at radius 2 is 2.05 bits per heavy atom. The molecular formula is C16H24N2O3. The Hall–Kier alpha value is -1.59. The Balaban J connectivity index is 1.75. The van der Waals surface area contributed by atoms with E-state index in [9.17, 15) is 4.79 Å². The molecule has 0 bridgehead atoms. The highest BCUT2D eigenvalue weighted by atomic mass is 16.5.